The summed E-state index contributed by atoms with van der Waals surface area (Å²) in [6.07, 6.45) is 0. The minimum absolute atomic E-state index is 0.0128. The molecule has 5 aromatic rings. The van der Waals surface area contributed by atoms with Crippen molar-refractivity contribution in [3.8, 4) is 5.69 Å². The molecule has 1 heterocycles. The Kier molecular flexibility index (Phi) is 6.38. The highest BCUT2D eigenvalue weighted by atomic mass is 16.2. The zero-order valence-electron chi connectivity index (χ0n) is 20.8. The number of nitrogens with zero attached hydrogens (tertiary/aromatic N) is 3. The zero-order chi connectivity index (χ0) is 25.2. The fourth-order valence-corrected chi connectivity index (χ4v) is 4.65. The summed E-state index contributed by atoms with van der Waals surface area (Å²) in [4.78, 5) is 34.1. The van der Waals surface area contributed by atoms with E-state index in [0.29, 0.717) is 23.3 Å². The Morgan fingerprint density at radius 1 is 0.833 bits per heavy atom. The number of carbonyl (C=O) groups is 1. The Morgan fingerprint density at radius 3 is 2.25 bits per heavy atom. The van der Waals surface area contributed by atoms with Crippen molar-refractivity contribution in [2.45, 2.75) is 33.4 Å². The molecule has 1 atom stereocenters. The van der Waals surface area contributed by atoms with Gasteiger partial charge in [0.2, 0.25) is 5.91 Å². The van der Waals surface area contributed by atoms with Gasteiger partial charge in [0.1, 0.15) is 5.82 Å². The van der Waals surface area contributed by atoms with E-state index < -0.39 is 6.04 Å². The average molecular weight is 476 g/mol. The van der Waals surface area contributed by atoms with Gasteiger partial charge in [-0.2, -0.15) is 0 Å². The highest BCUT2D eigenvalue weighted by Gasteiger charge is 2.28. The van der Waals surface area contributed by atoms with Crippen LogP contribution in [0.2, 0.25) is 0 Å². The first kappa shape index (κ1) is 23.5. The topological polar surface area (TPSA) is 55.2 Å². The van der Waals surface area contributed by atoms with Crippen LogP contribution < -0.4 is 5.56 Å². The third-order valence-corrected chi connectivity index (χ3v) is 6.61. The summed E-state index contributed by atoms with van der Waals surface area (Å²) in [5, 5.41) is 2.68. The van der Waals surface area contributed by atoms with Gasteiger partial charge < -0.3 is 4.90 Å². The monoisotopic (exact) mass is 475 g/mol. The van der Waals surface area contributed by atoms with Crippen LogP contribution in [0.3, 0.4) is 0 Å². The highest BCUT2D eigenvalue weighted by molar-refractivity contribution is 5.85. The molecule has 0 aliphatic carbocycles. The van der Waals surface area contributed by atoms with Gasteiger partial charge in [-0.25, -0.2) is 4.98 Å². The van der Waals surface area contributed by atoms with Crippen LogP contribution in [0.4, 0.5) is 0 Å². The normalized spacial score (nSPS) is 12.2. The molecular weight excluding hydrogens is 446 g/mol. The maximum atomic E-state index is 13.9. The SMILES string of the molecule is CC(C)C(=O)N(Cc1ccccc1)C(C)c1nc2ccccc2c(=O)n1-c1ccc2ccccc2c1. The van der Waals surface area contributed by atoms with Crippen molar-refractivity contribution in [1.29, 1.82) is 0 Å². The summed E-state index contributed by atoms with van der Waals surface area (Å²) in [5.74, 6) is 0.357. The number of benzene rings is 4. The Labute approximate surface area is 210 Å². The van der Waals surface area contributed by atoms with Crippen LogP contribution in [0.15, 0.2) is 102 Å². The molecule has 0 aliphatic rings. The quantitative estimate of drug-likeness (QED) is 0.290. The number of hydrogen-bond acceptors (Lipinski definition) is 3. The molecule has 4 aromatic carbocycles. The lowest BCUT2D eigenvalue weighted by atomic mass is 10.1. The second-order valence-electron chi connectivity index (χ2n) is 9.44. The van der Waals surface area contributed by atoms with Crippen molar-refractivity contribution < 1.29 is 4.79 Å². The molecule has 0 spiro atoms. The van der Waals surface area contributed by atoms with E-state index in [4.69, 9.17) is 4.98 Å². The van der Waals surface area contributed by atoms with Gasteiger partial charge in [0.25, 0.3) is 5.56 Å². The Bertz CT molecular complexity index is 1610. The average Bonchev–Trinajstić information content (AvgIpc) is 2.91. The number of para-hydroxylation sites is 1. The summed E-state index contributed by atoms with van der Waals surface area (Å²) < 4.78 is 1.67. The smallest absolute Gasteiger partial charge is 0.266 e. The molecule has 0 fully saturated rings. The third kappa shape index (κ3) is 4.40. The molecule has 0 saturated carbocycles. The molecule has 36 heavy (non-hydrogen) atoms. The summed E-state index contributed by atoms with van der Waals surface area (Å²) in [6, 6.07) is 30.9. The number of amides is 1. The van der Waals surface area contributed by atoms with Gasteiger partial charge in [-0.3, -0.25) is 14.2 Å². The first-order valence-electron chi connectivity index (χ1n) is 12.3. The number of rotatable bonds is 6. The van der Waals surface area contributed by atoms with Gasteiger partial charge in [-0.1, -0.05) is 86.6 Å². The fourth-order valence-electron chi connectivity index (χ4n) is 4.65. The van der Waals surface area contributed by atoms with Crippen LogP contribution in [-0.4, -0.2) is 20.4 Å². The molecule has 1 aromatic heterocycles. The molecule has 0 radical (unpaired) electrons. The first-order chi connectivity index (χ1) is 17.4. The van der Waals surface area contributed by atoms with Crippen molar-refractivity contribution in [3.63, 3.8) is 0 Å². The van der Waals surface area contributed by atoms with Gasteiger partial charge in [-0.05, 0) is 47.5 Å². The van der Waals surface area contributed by atoms with Crippen LogP contribution >= 0.6 is 0 Å². The van der Waals surface area contributed by atoms with E-state index in [1.807, 2.05) is 117 Å². The molecule has 0 N–H and O–H groups in total. The maximum absolute atomic E-state index is 13.9. The Hall–Kier alpha value is -4.25. The molecule has 1 unspecified atom stereocenters. The fraction of sp³-hybridized carbons (Fsp3) is 0.194. The summed E-state index contributed by atoms with van der Waals surface area (Å²) in [6.45, 7) is 6.19. The van der Waals surface area contributed by atoms with E-state index in [2.05, 4.69) is 0 Å². The molecule has 5 rings (SSSR count). The zero-order valence-corrected chi connectivity index (χ0v) is 20.8. The number of aromatic nitrogens is 2. The molecule has 1 amide bonds. The molecular formula is C31H29N3O2. The lowest BCUT2D eigenvalue weighted by Gasteiger charge is -2.32. The summed E-state index contributed by atoms with van der Waals surface area (Å²) in [5.41, 5.74) is 2.24. The molecule has 0 aliphatic heterocycles. The second-order valence-corrected chi connectivity index (χ2v) is 9.44. The number of fused-ring (bicyclic) bond motifs is 2. The van der Waals surface area contributed by atoms with E-state index in [-0.39, 0.29) is 17.4 Å². The Morgan fingerprint density at radius 2 is 1.50 bits per heavy atom. The van der Waals surface area contributed by atoms with Crippen molar-refractivity contribution in [2.75, 3.05) is 0 Å². The summed E-state index contributed by atoms with van der Waals surface area (Å²) >= 11 is 0. The van der Waals surface area contributed by atoms with Crippen LogP contribution in [0.5, 0.6) is 0 Å². The van der Waals surface area contributed by atoms with E-state index in [1.165, 1.54) is 0 Å². The van der Waals surface area contributed by atoms with Crippen molar-refractivity contribution >= 4 is 27.6 Å². The predicted molar refractivity (Wildman–Crippen MR) is 145 cm³/mol. The van der Waals surface area contributed by atoms with Crippen LogP contribution in [-0.2, 0) is 11.3 Å². The molecule has 0 saturated heterocycles. The number of carbonyl (C=O) groups excluding carboxylic acids is 1. The largest absolute Gasteiger partial charge is 0.328 e. The maximum Gasteiger partial charge on any atom is 0.266 e. The lowest BCUT2D eigenvalue weighted by molar-refractivity contribution is -0.137. The molecule has 5 nitrogen and oxygen atoms in total. The van der Waals surface area contributed by atoms with Crippen molar-refractivity contribution in [2.24, 2.45) is 5.92 Å². The Balaban J connectivity index is 1.72. The van der Waals surface area contributed by atoms with Crippen molar-refractivity contribution in [1.82, 2.24) is 14.5 Å². The summed E-state index contributed by atoms with van der Waals surface area (Å²) in [7, 11) is 0. The van der Waals surface area contributed by atoms with E-state index in [0.717, 1.165) is 22.0 Å². The van der Waals surface area contributed by atoms with E-state index in [9.17, 15) is 9.59 Å². The highest BCUT2D eigenvalue weighted by Crippen LogP contribution is 2.27. The van der Waals surface area contributed by atoms with Gasteiger partial charge >= 0.3 is 0 Å². The van der Waals surface area contributed by atoms with Gasteiger partial charge in [0.05, 0.1) is 22.6 Å². The van der Waals surface area contributed by atoms with Crippen LogP contribution in [0, 0.1) is 5.92 Å². The van der Waals surface area contributed by atoms with Crippen LogP contribution in [0.25, 0.3) is 27.4 Å². The van der Waals surface area contributed by atoms with E-state index in [1.54, 1.807) is 10.6 Å². The van der Waals surface area contributed by atoms with Gasteiger partial charge in [-0.15, -0.1) is 0 Å². The second kappa shape index (κ2) is 9.78. The minimum Gasteiger partial charge on any atom is -0.328 e. The predicted octanol–water partition coefficient (Wildman–Crippen LogP) is 6.28. The third-order valence-electron chi connectivity index (χ3n) is 6.61. The van der Waals surface area contributed by atoms with Gasteiger partial charge in [0.15, 0.2) is 0 Å². The van der Waals surface area contributed by atoms with Crippen molar-refractivity contribution in [3.05, 3.63) is 119 Å². The van der Waals surface area contributed by atoms with Crippen LogP contribution in [0.1, 0.15) is 38.2 Å². The molecule has 180 valence electrons. The van der Waals surface area contributed by atoms with E-state index >= 15 is 0 Å². The number of hydrogen-bond donors (Lipinski definition) is 0. The molecule has 0 bridgehead atoms. The standard InChI is InChI=1S/C31H29N3O2/c1-21(2)30(35)33(20-23-11-5-4-6-12-23)22(3)29-32-28-16-10-9-15-27(28)31(36)34(29)26-18-17-24-13-7-8-14-25(24)19-26/h4-19,21-22H,20H2,1-3H3. The minimum atomic E-state index is -0.441. The lowest BCUT2D eigenvalue weighted by Crippen LogP contribution is -2.39. The first-order valence-corrected chi connectivity index (χ1v) is 12.3. The molecule has 5 heteroatoms. The van der Waals surface area contributed by atoms with Gasteiger partial charge in [0, 0.05) is 12.5 Å².